The van der Waals surface area contributed by atoms with Crippen LogP contribution in [0.4, 0.5) is 5.69 Å². The fourth-order valence-electron chi connectivity index (χ4n) is 3.25. The standard InChI is InChI=1S/C26H25NO4/c1-18(20-10-5-3-6-11-20)16-24(29)31-25(21-12-7-4-8-13-21)26(30)27-23-15-9-14-22(17-23)19(2)28/h3-15,17-18,25H,16H2,1-2H3,(H,27,30). The van der Waals surface area contributed by atoms with E-state index in [1.807, 2.05) is 43.3 Å². The van der Waals surface area contributed by atoms with E-state index < -0.39 is 18.0 Å². The van der Waals surface area contributed by atoms with Crippen molar-refractivity contribution in [2.75, 3.05) is 5.32 Å². The number of nitrogens with one attached hydrogen (secondary N) is 1. The van der Waals surface area contributed by atoms with Gasteiger partial charge in [-0.15, -0.1) is 0 Å². The van der Waals surface area contributed by atoms with E-state index in [0.29, 0.717) is 16.8 Å². The number of amides is 1. The highest BCUT2D eigenvalue weighted by molar-refractivity contribution is 5.99. The van der Waals surface area contributed by atoms with E-state index in [4.69, 9.17) is 4.74 Å². The molecule has 0 spiro atoms. The molecule has 1 N–H and O–H groups in total. The molecule has 0 aliphatic heterocycles. The third kappa shape index (κ3) is 6.12. The van der Waals surface area contributed by atoms with Crippen molar-refractivity contribution in [1.29, 1.82) is 0 Å². The molecule has 0 radical (unpaired) electrons. The van der Waals surface area contributed by atoms with Crippen LogP contribution < -0.4 is 5.32 Å². The summed E-state index contributed by atoms with van der Waals surface area (Å²) in [5.41, 5.74) is 2.56. The van der Waals surface area contributed by atoms with Crippen LogP contribution in [0.15, 0.2) is 84.9 Å². The lowest BCUT2D eigenvalue weighted by molar-refractivity contribution is -0.155. The molecule has 2 atom stereocenters. The molecule has 3 rings (SSSR count). The maximum Gasteiger partial charge on any atom is 0.307 e. The van der Waals surface area contributed by atoms with Crippen LogP contribution >= 0.6 is 0 Å². The summed E-state index contributed by atoms with van der Waals surface area (Å²) in [5, 5.41) is 2.76. The lowest BCUT2D eigenvalue weighted by Crippen LogP contribution is -2.26. The number of rotatable bonds is 8. The molecule has 0 saturated heterocycles. The summed E-state index contributed by atoms with van der Waals surface area (Å²) in [4.78, 5) is 37.3. The van der Waals surface area contributed by atoms with E-state index in [1.165, 1.54) is 6.92 Å². The maximum atomic E-state index is 13.0. The molecule has 3 aromatic carbocycles. The number of carbonyl (C=O) groups is 3. The van der Waals surface area contributed by atoms with E-state index in [1.54, 1.807) is 48.5 Å². The van der Waals surface area contributed by atoms with Crippen LogP contribution in [0.2, 0.25) is 0 Å². The van der Waals surface area contributed by atoms with Crippen LogP contribution in [-0.4, -0.2) is 17.7 Å². The van der Waals surface area contributed by atoms with E-state index in [9.17, 15) is 14.4 Å². The van der Waals surface area contributed by atoms with Crippen LogP contribution in [0.25, 0.3) is 0 Å². The first kappa shape index (κ1) is 22.0. The van der Waals surface area contributed by atoms with Crippen molar-refractivity contribution in [1.82, 2.24) is 0 Å². The molecule has 1 amide bonds. The van der Waals surface area contributed by atoms with E-state index in [0.717, 1.165) is 5.56 Å². The first-order valence-corrected chi connectivity index (χ1v) is 10.2. The number of hydrogen-bond donors (Lipinski definition) is 1. The summed E-state index contributed by atoms with van der Waals surface area (Å²) in [6, 6.07) is 25.2. The Morgan fingerprint density at radius 3 is 2.06 bits per heavy atom. The third-order valence-electron chi connectivity index (χ3n) is 4.97. The summed E-state index contributed by atoms with van der Waals surface area (Å²) in [6.45, 7) is 3.41. The van der Waals surface area contributed by atoms with Gasteiger partial charge in [0.1, 0.15) is 0 Å². The highest BCUT2D eigenvalue weighted by Gasteiger charge is 2.26. The Morgan fingerprint density at radius 1 is 0.839 bits per heavy atom. The van der Waals surface area contributed by atoms with Gasteiger partial charge in [0, 0.05) is 16.8 Å². The van der Waals surface area contributed by atoms with Gasteiger partial charge in [0.25, 0.3) is 5.91 Å². The second-order valence-electron chi connectivity index (χ2n) is 7.42. The Labute approximate surface area is 182 Å². The Kier molecular flexibility index (Phi) is 7.33. The highest BCUT2D eigenvalue weighted by atomic mass is 16.5. The van der Waals surface area contributed by atoms with Gasteiger partial charge in [-0.2, -0.15) is 0 Å². The van der Waals surface area contributed by atoms with E-state index in [2.05, 4.69) is 5.32 Å². The first-order chi connectivity index (χ1) is 14.9. The van der Waals surface area contributed by atoms with Crippen LogP contribution in [0.5, 0.6) is 0 Å². The van der Waals surface area contributed by atoms with Crippen molar-refractivity contribution in [3.8, 4) is 0 Å². The molecule has 0 aromatic heterocycles. The van der Waals surface area contributed by atoms with Crippen LogP contribution in [0, 0.1) is 0 Å². The van der Waals surface area contributed by atoms with Crippen molar-refractivity contribution in [2.24, 2.45) is 0 Å². The van der Waals surface area contributed by atoms with Crippen molar-refractivity contribution in [2.45, 2.75) is 32.3 Å². The van der Waals surface area contributed by atoms with Gasteiger partial charge in [-0.05, 0) is 30.5 Å². The molecule has 0 aliphatic rings. The molecule has 158 valence electrons. The highest BCUT2D eigenvalue weighted by Crippen LogP contribution is 2.24. The van der Waals surface area contributed by atoms with Crippen molar-refractivity contribution in [3.63, 3.8) is 0 Å². The van der Waals surface area contributed by atoms with Gasteiger partial charge >= 0.3 is 5.97 Å². The Balaban J connectivity index is 1.75. The van der Waals surface area contributed by atoms with E-state index >= 15 is 0 Å². The predicted octanol–water partition coefficient (Wildman–Crippen LogP) is 5.31. The number of anilines is 1. The monoisotopic (exact) mass is 415 g/mol. The lowest BCUT2D eigenvalue weighted by atomic mass is 9.98. The first-order valence-electron chi connectivity index (χ1n) is 10.2. The summed E-state index contributed by atoms with van der Waals surface area (Å²) in [6.07, 6.45) is -0.946. The van der Waals surface area contributed by atoms with Gasteiger partial charge in [-0.25, -0.2) is 0 Å². The fourth-order valence-corrected chi connectivity index (χ4v) is 3.25. The zero-order valence-corrected chi connectivity index (χ0v) is 17.6. The average Bonchev–Trinajstić information content (AvgIpc) is 2.78. The minimum Gasteiger partial charge on any atom is -0.447 e. The number of hydrogen-bond acceptors (Lipinski definition) is 4. The number of ketones is 1. The minimum absolute atomic E-state index is 0.0413. The summed E-state index contributed by atoms with van der Waals surface area (Å²) >= 11 is 0. The van der Waals surface area contributed by atoms with Crippen molar-refractivity contribution >= 4 is 23.3 Å². The number of ether oxygens (including phenoxy) is 1. The molecular formula is C26H25NO4. The Bertz CT molecular complexity index is 1050. The Hall–Kier alpha value is -3.73. The topological polar surface area (TPSA) is 72.5 Å². The smallest absolute Gasteiger partial charge is 0.307 e. The molecule has 0 bridgehead atoms. The largest absolute Gasteiger partial charge is 0.447 e. The SMILES string of the molecule is CC(=O)c1cccc(NC(=O)C(OC(=O)CC(C)c2ccccc2)c2ccccc2)c1. The molecule has 2 unspecified atom stereocenters. The van der Waals surface area contributed by atoms with Gasteiger partial charge in [-0.3, -0.25) is 14.4 Å². The fraction of sp³-hybridized carbons (Fsp3) is 0.192. The van der Waals surface area contributed by atoms with Crippen LogP contribution in [0.1, 0.15) is 53.8 Å². The normalized spacial score (nSPS) is 12.5. The number of carbonyl (C=O) groups excluding carboxylic acids is 3. The number of esters is 1. The van der Waals surface area contributed by atoms with Crippen molar-refractivity contribution in [3.05, 3.63) is 102 Å². The van der Waals surface area contributed by atoms with Crippen LogP contribution in [-0.2, 0) is 14.3 Å². The zero-order valence-electron chi connectivity index (χ0n) is 17.6. The summed E-state index contributed by atoms with van der Waals surface area (Å²) in [7, 11) is 0. The number of benzene rings is 3. The summed E-state index contributed by atoms with van der Waals surface area (Å²) < 4.78 is 5.62. The molecular weight excluding hydrogens is 390 g/mol. The molecule has 0 saturated carbocycles. The number of Topliss-reactive ketones (excluding diaryl/α,β-unsaturated/α-hetero) is 1. The second-order valence-corrected chi connectivity index (χ2v) is 7.42. The maximum absolute atomic E-state index is 13.0. The second kappa shape index (κ2) is 10.3. The lowest BCUT2D eigenvalue weighted by Gasteiger charge is -2.19. The molecule has 5 nitrogen and oxygen atoms in total. The molecule has 0 aliphatic carbocycles. The Morgan fingerprint density at radius 2 is 1.45 bits per heavy atom. The summed E-state index contributed by atoms with van der Waals surface area (Å²) in [5.74, 6) is -1.08. The van der Waals surface area contributed by atoms with Crippen LogP contribution in [0.3, 0.4) is 0 Å². The average molecular weight is 415 g/mol. The van der Waals surface area contributed by atoms with Gasteiger partial charge in [0.15, 0.2) is 5.78 Å². The molecule has 0 fully saturated rings. The molecule has 5 heteroatoms. The van der Waals surface area contributed by atoms with Crippen molar-refractivity contribution < 1.29 is 19.1 Å². The quantitative estimate of drug-likeness (QED) is 0.400. The van der Waals surface area contributed by atoms with Gasteiger partial charge in [-0.1, -0.05) is 79.7 Å². The van der Waals surface area contributed by atoms with Gasteiger partial charge in [0.05, 0.1) is 6.42 Å². The van der Waals surface area contributed by atoms with Gasteiger partial charge < -0.3 is 10.1 Å². The molecule has 31 heavy (non-hydrogen) atoms. The molecule has 0 heterocycles. The molecule has 3 aromatic rings. The van der Waals surface area contributed by atoms with Gasteiger partial charge in [0.2, 0.25) is 6.10 Å². The third-order valence-corrected chi connectivity index (χ3v) is 4.97. The van der Waals surface area contributed by atoms with E-state index in [-0.39, 0.29) is 18.1 Å². The zero-order chi connectivity index (χ0) is 22.2. The predicted molar refractivity (Wildman–Crippen MR) is 120 cm³/mol. The minimum atomic E-state index is -1.10.